The van der Waals surface area contributed by atoms with E-state index in [1.807, 2.05) is 0 Å². The van der Waals surface area contributed by atoms with E-state index in [2.05, 4.69) is 6.92 Å². The first-order valence-electron chi connectivity index (χ1n) is 5.49. The Hall–Kier alpha value is -0.380. The number of hydrogen-bond donors (Lipinski definition) is 0. The number of thioether (sulfide) groups is 1. The number of carbonyl (C=O) groups excluding carboxylic acids is 1. The van der Waals surface area contributed by atoms with Gasteiger partial charge in [0.2, 0.25) is 5.91 Å². The molecule has 0 aromatic heterocycles. The molecule has 17 heavy (non-hydrogen) atoms. The molecule has 1 aromatic rings. The first kappa shape index (κ1) is 13.1. The minimum Gasteiger partial charge on any atom is -0.308 e. The molecule has 2 rings (SSSR count). The highest BCUT2D eigenvalue weighted by Crippen LogP contribution is 2.36. The lowest BCUT2D eigenvalue weighted by Crippen LogP contribution is -2.42. The van der Waals surface area contributed by atoms with Gasteiger partial charge in [-0.3, -0.25) is 4.79 Å². The predicted octanol–water partition coefficient (Wildman–Crippen LogP) is 3.85. The van der Waals surface area contributed by atoms with Gasteiger partial charge in [-0.15, -0.1) is 11.8 Å². The smallest absolute Gasteiger partial charge is 0.237 e. The van der Waals surface area contributed by atoms with Gasteiger partial charge >= 0.3 is 0 Å². The number of para-hydroxylation sites is 1. The Kier molecular flexibility index (Phi) is 4.23. The molecule has 0 spiro atoms. The zero-order valence-electron chi connectivity index (χ0n) is 9.45. The summed E-state index contributed by atoms with van der Waals surface area (Å²) < 4.78 is 0. The molecule has 1 aliphatic heterocycles. The summed E-state index contributed by atoms with van der Waals surface area (Å²) in [7, 11) is 0. The molecule has 0 N–H and O–H groups in total. The van der Waals surface area contributed by atoms with Crippen LogP contribution in [0.3, 0.4) is 0 Å². The van der Waals surface area contributed by atoms with Crippen LogP contribution in [0.15, 0.2) is 18.2 Å². The summed E-state index contributed by atoms with van der Waals surface area (Å²) in [5.41, 5.74) is 0.652. The summed E-state index contributed by atoms with van der Waals surface area (Å²) in [5, 5.41) is 1.53. The third-order valence-electron chi connectivity index (χ3n) is 2.79. The molecule has 92 valence electrons. The number of halogens is 2. The second-order valence-corrected chi connectivity index (χ2v) is 6.02. The number of nitrogens with zero attached hydrogens (tertiary/aromatic N) is 1. The predicted molar refractivity (Wildman–Crippen MR) is 75.4 cm³/mol. The van der Waals surface area contributed by atoms with Crippen molar-refractivity contribution < 1.29 is 4.79 Å². The maximum Gasteiger partial charge on any atom is 0.237 e. The molecule has 0 saturated carbocycles. The Labute approximate surface area is 115 Å². The van der Waals surface area contributed by atoms with Gasteiger partial charge in [0.15, 0.2) is 0 Å². The molecule has 0 aliphatic carbocycles. The fourth-order valence-electron chi connectivity index (χ4n) is 1.84. The molecule has 1 amide bonds. The normalized spacial score (nSPS) is 20.8. The van der Waals surface area contributed by atoms with Crippen LogP contribution < -0.4 is 4.90 Å². The molecule has 0 radical (unpaired) electrons. The molecule has 1 unspecified atom stereocenters. The van der Waals surface area contributed by atoms with Gasteiger partial charge in [-0.1, -0.05) is 36.2 Å². The summed E-state index contributed by atoms with van der Waals surface area (Å²) in [5.74, 6) is 0.578. The van der Waals surface area contributed by atoms with Crippen molar-refractivity contribution in [3.05, 3.63) is 28.2 Å². The summed E-state index contributed by atoms with van der Waals surface area (Å²) in [6, 6.07) is 5.31. The first-order valence-corrected chi connectivity index (χ1v) is 7.30. The lowest BCUT2D eigenvalue weighted by molar-refractivity contribution is -0.116. The topological polar surface area (TPSA) is 20.3 Å². The highest BCUT2D eigenvalue weighted by molar-refractivity contribution is 8.00. The third-order valence-corrected chi connectivity index (χ3v) is 4.77. The summed E-state index contributed by atoms with van der Waals surface area (Å²) in [6.07, 6.45) is 1.04. The largest absolute Gasteiger partial charge is 0.308 e. The number of anilines is 1. The van der Waals surface area contributed by atoms with E-state index in [4.69, 9.17) is 23.2 Å². The Morgan fingerprint density at radius 1 is 1.41 bits per heavy atom. The first-order chi connectivity index (χ1) is 8.13. The molecule has 0 bridgehead atoms. The lowest BCUT2D eigenvalue weighted by Gasteiger charge is -2.32. The van der Waals surface area contributed by atoms with Crippen LogP contribution in [0, 0.1) is 0 Å². The van der Waals surface area contributed by atoms with E-state index in [1.165, 1.54) is 0 Å². The maximum absolute atomic E-state index is 11.9. The van der Waals surface area contributed by atoms with Crippen molar-refractivity contribution in [2.24, 2.45) is 0 Å². The van der Waals surface area contributed by atoms with Crippen LogP contribution in [0.2, 0.25) is 10.0 Å². The maximum atomic E-state index is 11.9. The van der Waals surface area contributed by atoms with E-state index in [9.17, 15) is 4.79 Å². The van der Waals surface area contributed by atoms with E-state index in [0.717, 1.165) is 6.42 Å². The fraction of sp³-hybridized carbons (Fsp3) is 0.417. The van der Waals surface area contributed by atoms with Crippen LogP contribution >= 0.6 is 35.0 Å². The molecule has 1 fully saturated rings. The molecule has 1 atom stereocenters. The number of benzene rings is 1. The van der Waals surface area contributed by atoms with E-state index < -0.39 is 0 Å². The van der Waals surface area contributed by atoms with Crippen molar-refractivity contribution in [3.63, 3.8) is 0 Å². The van der Waals surface area contributed by atoms with Gasteiger partial charge in [0.25, 0.3) is 0 Å². The molecule has 1 saturated heterocycles. The zero-order chi connectivity index (χ0) is 12.4. The zero-order valence-corrected chi connectivity index (χ0v) is 11.8. The number of amides is 1. The van der Waals surface area contributed by atoms with Crippen molar-refractivity contribution in [2.45, 2.75) is 18.6 Å². The Morgan fingerprint density at radius 2 is 2.06 bits per heavy atom. The Balaban J connectivity index is 2.34. The average molecular weight is 290 g/mol. The minimum atomic E-state index is 0.0784. The van der Waals surface area contributed by atoms with Crippen LogP contribution in [-0.2, 0) is 4.79 Å². The van der Waals surface area contributed by atoms with Gasteiger partial charge in [-0.2, -0.15) is 0 Å². The number of rotatable bonds is 2. The second kappa shape index (κ2) is 5.51. The van der Waals surface area contributed by atoms with Gasteiger partial charge in [-0.05, 0) is 18.6 Å². The highest BCUT2D eigenvalue weighted by atomic mass is 35.5. The van der Waals surface area contributed by atoms with Gasteiger partial charge in [0, 0.05) is 11.8 Å². The molecule has 2 nitrogen and oxygen atoms in total. The molecular formula is C12H13Cl2NOS. The number of hydrogen-bond acceptors (Lipinski definition) is 2. The summed E-state index contributed by atoms with van der Waals surface area (Å²) in [6.45, 7) is 2.81. The highest BCUT2D eigenvalue weighted by Gasteiger charge is 2.28. The molecule has 5 heteroatoms. The van der Waals surface area contributed by atoms with Crippen LogP contribution in [-0.4, -0.2) is 23.5 Å². The SMILES string of the molecule is CCC1CN(c2c(Cl)cccc2Cl)C(=O)CS1. The van der Waals surface area contributed by atoms with Crippen molar-refractivity contribution in [1.82, 2.24) is 0 Å². The van der Waals surface area contributed by atoms with Crippen molar-refractivity contribution in [3.8, 4) is 0 Å². The van der Waals surface area contributed by atoms with Gasteiger partial charge in [-0.25, -0.2) is 0 Å². The van der Waals surface area contributed by atoms with Crippen LogP contribution in [0.5, 0.6) is 0 Å². The van der Waals surface area contributed by atoms with E-state index >= 15 is 0 Å². The molecular weight excluding hydrogens is 277 g/mol. The monoisotopic (exact) mass is 289 g/mol. The van der Waals surface area contributed by atoms with Crippen molar-refractivity contribution in [1.29, 1.82) is 0 Å². The minimum absolute atomic E-state index is 0.0784. The van der Waals surface area contributed by atoms with Crippen LogP contribution in [0.1, 0.15) is 13.3 Å². The molecule has 1 heterocycles. The third kappa shape index (κ3) is 2.72. The molecule has 1 aliphatic rings. The van der Waals surface area contributed by atoms with Gasteiger partial charge in [0.05, 0.1) is 21.5 Å². The van der Waals surface area contributed by atoms with E-state index in [0.29, 0.717) is 33.3 Å². The standard InChI is InChI=1S/C12H13Cl2NOS/c1-2-8-6-15(11(16)7-17-8)12-9(13)4-3-5-10(12)14/h3-5,8H,2,6-7H2,1H3. The Morgan fingerprint density at radius 3 is 2.65 bits per heavy atom. The second-order valence-electron chi connectivity index (χ2n) is 3.92. The van der Waals surface area contributed by atoms with Crippen LogP contribution in [0.4, 0.5) is 5.69 Å². The molecule has 1 aromatic carbocycles. The van der Waals surface area contributed by atoms with E-state index in [1.54, 1.807) is 34.9 Å². The van der Waals surface area contributed by atoms with Gasteiger partial charge in [0.1, 0.15) is 0 Å². The van der Waals surface area contributed by atoms with Crippen molar-refractivity contribution >= 4 is 46.6 Å². The summed E-state index contributed by atoms with van der Waals surface area (Å²) >= 11 is 14.0. The number of carbonyl (C=O) groups is 1. The van der Waals surface area contributed by atoms with Crippen LogP contribution in [0.25, 0.3) is 0 Å². The lowest BCUT2D eigenvalue weighted by atomic mass is 10.2. The van der Waals surface area contributed by atoms with Crippen molar-refractivity contribution in [2.75, 3.05) is 17.2 Å². The van der Waals surface area contributed by atoms with Gasteiger partial charge < -0.3 is 4.90 Å². The Bertz CT molecular complexity index is 418. The average Bonchev–Trinajstić information content (AvgIpc) is 2.31. The summed E-state index contributed by atoms with van der Waals surface area (Å²) in [4.78, 5) is 13.7. The fourth-order valence-corrected chi connectivity index (χ4v) is 3.46. The quantitative estimate of drug-likeness (QED) is 0.824. The van der Waals surface area contributed by atoms with E-state index in [-0.39, 0.29) is 5.91 Å².